The van der Waals surface area contributed by atoms with E-state index in [1.807, 2.05) is 28.7 Å². The summed E-state index contributed by atoms with van der Waals surface area (Å²) in [6.45, 7) is 5.03. The number of aliphatic hydroxyl groups excluding tert-OH is 1. The van der Waals surface area contributed by atoms with Crippen LogP contribution in [0.3, 0.4) is 0 Å². The first-order chi connectivity index (χ1) is 10.9. The molecular weight excluding hydrogens is 412 g/mol. The Balaban J connectivity index is 2.19. The first-order valence-electron chi connectivity index (χ1n) is 7.70. The van der Waals surface area contributed by atoms with Crippen molar-refractivity contribution in [3.63, 3.8) is 0 Å². The molecule has 2 rings (SSSR count). The number of benzene rings is 1. The fourth-order valence-corrected chi connectivity index (χ4v) is 2.75. The van der Waals surface area contributed by atoms with Gasteiger partial charge in [0.2, 0.25) is 5.91 Å². The summed E-state index contributed by atoms with van der Waals surface area (Å²) in [6, 6.07) is 4.14. The van der Waals surface area contributed by atoms with Crippen molar-refractivity contribution in [1.29, 1.82) is 0 Å². The highest BCUT2D eigenvalue weighted by Crippen LogP contribution is 2.24. The molecule has 128 valence electrons. The molecule has 0 bridgehead atoms. The lowest BCUT2D eigenvalue weighted by atomic mass is 10.1. The molecule has 1 amide bonds. The molecule has 0 radical (unpaired) electrons. The molecule has 23 heavy (non-hydrogen) atoms. The first-order valence-corrected chi connectivity index (χ1v) is 8.94. The van der Waals surface area contributed by atoms with Gasteiger partial charge < -0.3 is 20.2 Å². The van der Waals surface area contributed by atoms with Gasteiger partial charge in [-0.25, -0.2) is 4.39 Å². The Bertz CT molecular complexity index is 548. The Hall–Kier alpha value is -0.930. The van der Waals surface area contributed by atoms with Gasteiger partial charge in [-0.05, 0) is 37.7 Å². The lowest BCUT2D eigenvalue weighted by molar-refractivity contribution is -0.121. The number of halogens is 2. The number of amides is 1. The molecule has 0 aliphatic carbocycles. The summed E-state index contributed by atoms with van der Waals surface area (Å²) in [6.07, 6.45) is 0. The maximum absolute atomic E-state index is 14.0. The number of carbonyl (C=O) groups excluding carboxylic acids is 1. The zero-order valence-corrected chi connectivity index (χ0v) is 15.6. The van der Waals surface area contributed by atoms with E-state index in [9.17, 15) is 14.3 Å². The minimum Gasteiger partial charge on any atom is -0.394 e. The third-order valence-electron chi connectivity index (χ3n) is 4.04. The molecule has 7 heteroatoms. The average Bonchev–Trinajstić information content (AvgIpc) is 2.52. The van der Waals surface area contributed by atoms with Crippen molar-refractivity contribution >= 4 is 34.2 Å². The number of hydrogen-bond donors (Lipinski definition) is 2. The summed E-state index contributed by atoms with van der Waals surface area (Å²) in [5, 5.41) is 12.3. The maximum atomic E-state index is 14.0. The molecule has 1 heterocycles. The van der Waals surface area contributed by atoms with E-state index in [-0.39, 0.29) is 22.3 Å². The molecule has 5 nitrogen and oxygen atoms in total. The smallest absolute Gasteiger partial charge is 0.233 e. The van der Waals surface area contributed by atoms with Crippen LogP contribution in [0.2, 0.25) is 0 Å². The lowest BCUT2D eigenvalue weighted by Crippen LogP contribution is -2.44. The van der Waals surface area contributed by atoms with E-state index >= 15 is 0 Å². The van der Waals surface area contributed by atoms with Crippen molar-refractivity contribution in [3.05, 3.63) is 29.6 Å². The largest absolute Gasteiger partial charge is 0.394 e. The van der Waals surface area contributed by atoms with Gasteiger partial charge in [0.15, 0.2) is 0 Å². The van der Waals surface area contributed by atoms with Crippen molar-refractivity contribution in [2.75, 3.05) is 44.7 Å². The van der Waals surface area contributed by atoms with E-state index < -0.39 is 6.04 Å². The molecule has 2 N–H and O–H groups in total. The number of alkyl halides is 1. The average molecular weight is 435 g/mol. The number of hydrogen-bond acceptors (Lipinski definition) is 4. The quantitative estimate of drug-likeness (QED) is 0.545. The van der Waals surface area contributed by atoms with Crippen molar-refractivity contribution < 1.29 is 14.3 Å². The number of nitrogens with one attached hydrogen (secondary N) is 1. The number of likely N-dealkylation sites (N-methyl/N-ethyl adjacent to an activating group) is 1. The molecule has 1 aromatic rings. The van der Waals surface area contributed by atoms with Crippen molar-refractivity contribution in [3.8, 4) is 0 Å². The predicted octanol–water partition coefficient (Wildman–Crippen LogP) is 1.55. The molecule has 0 spiro atoms. The lowest BCUT2D eigenvalue weighted by Gasteiger charge is -2.34. The van der Waals surface area contributed by atoms with Crippen LogP contribution >= 0.6 is 22.6 Å². The molecule has 1 aromatic carbocycles. The van der Waals surface area contributed by atoms with Crippen LogP contribution in [0.1, 0.15) is 18.5 Å². The maximum Gasteiger partial charge on any atom is 0.233 e. The van der Waals surface area contributed by atoms with E-state index in [1.54, 1.807) is 6.92 Å². The van der Waals surface area contributed by atoms with E-state index in [2.05, 4.69) is 22.2 Å². The molecule has 1 aliphatic heterocycles. The van der Waals surface area contributed by atoms with Gasteiger partial charge in [0.05, 0.1) is 16.6 Å². The number of nitrogens with zero attached hydrogens (tertiary/aromatic N) is 2. The standard InChI is InChI=1S/C16H23FIN3O2/c1-11(18)16(23)19-15(10-22)12-7-13(17)9-14(8-12)21-5-3-20(2)4-6-21/h7-9,11,15,22H,3-6,10H2,1-2H3,(H,19,23)/t11-,15-/m1/s1. The van der Waals surface area contributed by atoms with Gasteiger partial charge in [0.25, 0.3) is 0 Å². The van der Waals surface area contributed by atoms with Crippen LogP contribution < -0.4 is 10.2 Å². The van der Waals surface area contributed by atoms with Gasteiger partial charge in [-0.15, -0.1) is 0 Å². The second kappa shape index (κ2) is 8.25. The molecule has 0 saturated carbocycles. The fraction of sp³-hybridized carbons (Fsp3) is 0.562. The van der Waals surface area contributed by atoms with Crippen LogP contribution in [0.5, 0.6) is 0 Å². The molecule has 1 fully saturated rings. The van der Waals surface area contributed by atoms with Crippen LogP contribution in [0.15, 0.2) is 18.2 Å². The summed E-state index contributed by atoms with van der Waals surface area (Å²) < 4.78 is 13.8. The summed E-state index contributed by atoms with van der Waals surface area (Å²) in [5.41, 5.74) is 1.38. The number of aliphatic hydroxyl groups is 1. The van der Waals surface area contributed by atoms with Gasteiger partial charge >= 0.3 is 0 Å². The van der Waals surface area contributed by atoms with Gasteiger partial charge in [0.1, 0.15) is 5.82 Å². The number of anilines is 1. The van der Waals surface area contributed by atoms with Crippen LogP contribution in [0, 0.1) is 5.82 Å². The number of piperazine rings is 1. The normalized spacial score (nSPS) is 18.6. The highest BCUT2D eigenvalue weighted by Gasteiger charge is 2.20. The van der Waals surface area contributed by atoms with E-state index in [0.717, 1.165) is 31.9 Å². The van der Waals surface area contributed by atoms with Crippen molar-refractivity contribution in [1.82, 2.24) is 10.2 Å². The SMILES string of the molecule is C[C@@H](I)C(=O)N[C@H](CO)c1cc(F)cc(N2CCN(C)CC2)c1. The highest BCUT2D eigenvalue weighted by atomic mass is 127. The molecule has 0 unspecified atom stereocenters. The van der Waals surface area contributed by atoms with Gasteiger partial charge in [-0.3, -0.25) is 4.79 Å². The third kappa shape index (κ3) is 5.02. The molecule has 0 aromatic heterocycles. The highest BCUT2D eigenvalue weighted by molar-refractivity contribution is 14.1. The topological polar surface area (TPSA) is 55.8 Å². The van der Waals surface area contributed by atoms with Gasteiger partial charge in [-0.2, -0.15) is 0 Å². The van der Waals surface area contributed by atoms with Crippen LogP contribution in [-0.2, 0) is 4.79 Å². The number of rotatable bonds is 5. The summed E-state index contributed by atoms with van der Waals surface area (Å²) >= 11 is 2.01. The van der Waals surface area contributed by atoms with Crippen LogP contribution in [0.4, 0.5) is 10.1 Å². The molecule has 2 atom stereocenters. The van der Waals surface area contributed by atoms with Crippen molar-refractivity contribution in [2.45, 2.75) is 16.9 Å². The summed E-state index contributed by atoms with van der Waals surface area (Å²) in [7, 11) is 2.07. The van der Waals surface area contributed by atoms with Gasteiger partial charge in [-0.1, -0.05) is 22.6 Å². The zero-order chi connectivity index (χ0) is 17.0. The van der Waals surface area contributed by atoms with E-state index in [0.29, 0.717) is 5.56 Å². The Morgan fingerprint density at radius 3 is 2.57 bits per heavy atom. The molecule has 1 saturated heterocycles. The van der Waals surface area contributed by atoms with E-state index in [4.69, 9.17) is 0 Å². The van der Waals surface area contributed by atoms with Crippen LogP contribution in [-0.4, -0.2) is 59.7 Å². The van der Waals surface area contributed by atoms with Crippen molar-refractivity contribution in [2.24, 2.45) is 0 Å². The zero-order valence-electron chi connectivity index (χ0n) is 13.4. The molecule has 1 aliphatic rings. The van der Waals surface area contributed by atoms with E-state index in [1.165, 1.54) is 12.1 Å². The minimum atomic E-state index is -0.596. The Morgan fingerprint density at radius 1 is 1.35 bits per heavy atom. The first kappa shape index (κ1) is 18.4. The molecular formula is C16H23FIN3O2. The Labute approximate surface area is 150 Å². The third-order valence-corrected chi connectivity index (χ3v) is 4.60. The minimum absolute atomic E-state index is 0.171. The second-order valence-electron chi connectivity index (χ2n) is 5.89. The number of carbonyl (C=O) groups is 1. The Morgan fingerprint density at radius 2 is 2.00 bits per heavy atom. The summed E-state index contributed by atoms with van der Waals surface area (Å²) in [5.74, 6) is -0.526. The van der Waals surface area contributed by atoms with Crippen LogP contribution in [0.25, 0.3) is 0 Å². The predicted molar refractivity (Wildman–Crippen MR) is 97.6 cm³/mol. The fourth-order valence-electron chi connectivity index (χ4n) is 2.57. The Kier molecular flexibility index (Phi) is 6.60. The van der Waals surface area contributed by atoms with Gasteiger partial charge in [0, 0.05) is 31.9 Å². The summed E-state index contributed by atoms with van der Waals surface area (Å²) in [4.78, 5) is 16.2. The monoisotopic (exact) mass is 435 g/mol. The second-order valence-corrected chi connectivity index (χ2v) is 7.76.